The summed E-state index contributed by atoms with van der Waals surface area (Å²) >= 11 is 0. The van der Waals surface area contributed by atoms with E-state index in [2.05, 4.69) is 29.1 Å². The van der Waals surface area contributed by atoms with Crippen molar-refractivity contribution in [3.63, 3.8) is 0 Å². The number of nitrogens with zero attached hydrogens (tertiary/aromatic N) is 2. The van der Waals surface area contributed by atoms with Gasteiger partial charge in [-0.3, -0.25) is 0 Å². The Morgan fingerprint density at radius 2 is 2.06 bits per heavy atom. The Morgan fingerprint density at radius 3 is 2.69 bits per heavy atom. The van der Waals surface area contributed by atoms with Crippen LogP contribution < -0.4 is 16.8 Å². The molecule has 0 fully saturated rings. The molecule has 0 bridgehead atoms. The Hall–Kier alpha value is -1.52. The van der Waals surface area contributed by atoms with Crippen molar-refractivity contribution in [1.82, 2.24) is 9.97 Å². The monoisotopic (exact) mass is 223 g/mol. The van der Waals surface area contributed by atoms with E-state index in [-0.39, 0.29) is 5.95 Å². The number of hydrogen-bond donors (Lipinski definition) is 3. The molecule has 1 aromatic heterocycles. The van der Waals surface area contributed by atoms with Crippen LogP contribution in [0.1, 0.15) is 39.5 Å². The second kappa shape index (κ2) is 6.15. The highest BCUT2D eigenvalue weighted by atomic mass is 15.1. The first kappa shape index (κ1) is 12.5. The van der Waals surface area contributed by atoms with Crippen LogP contribution in [0.5, 0.6) is 0 Å². The summed E-state index contributed by atoms with van der Waals surface area (Å²) in [4.78, 5) is 7.90. The van der Waals surface area contributed by atoms with Gasteiger partial charge in [-0.2, -0.15) is 9.97 Å². The minimum Gasteiger partial charge on any atom is -0.383 e. The quantitative estimate of drug-likeness (QED) is 0.642. The van der Waals surface area contributed by atoms with E-state index in [0.717, 1.165) is 6.42 Å². The molecule has 0 radical (unpaired) electrons. The molecule has 1 heterocycles. The van der Waals surface area contributed by atoms with Crippen molar-refractivity contribution in [2.75, 3.05) is 16.8 Å². The third-order valence-corrected chi connectivity index (χ3v) is 2.40. The molecule has 0 aliphatic heterocycles. The summed E-state index contributed by atoms with van der Waals surface area (Å²) in [7, 11) is 0. The smallest absolute Gasteiger partial charge is 0.223 e. The number of nitrogens with one attached hydrogen (secondary N) is 1. The standard InChI is InChI=1S/C11H21N5/c1-3-4-5-6-8(2)14-10-7-9(12)15-11(13)16-10/h7-8H,3-6H2,1-2H3,(H5,12,13,14,15,16). The Kier molecular flexibility index (Phi) is 4.82. The fraction of sp³-hybridized carbons (Fsp3) is 0.636. The lowest BCUT2D eigenvalue weighted by atomic mass is 10.1. The highest BCUT2D eigenvalue weighted by Gasteiger charge is 2.04. The van der Waals surface area contributed by atoms with Gasteiger partial charge in [-0.15, -0.1) is 0 Å². The van der Waals surface area contributed by atoms with Crippen molar-refractivity contribution in [1.29, 1.82) is 0 Å². The van der Waals surface area contributed by atoms with E-state index in [9.17, 15) is 0 Å². The fourth-order valence-electron chi connectivity index (χ4n) is 1.58. The first-order valence-corrected chi connectivity index (χ1v) is 5.78. The van der Waals surface area contributed by atoms with Crippen LogP contribution in [0.15, 0.2) is 6.07 Å². The van der Waals surface area contributed by atoms with Crippen molar-refractivity contribution in [2.45, 2.75) is 45.6 Å². The molecule has 1 rings (SSSR count). The molecule has 90 valence electrons. The molecule has 0 spiro atoms. The van der Waals surface area contributed by atoms with Crippen molar-refractivity contribution < 1.29 is 0 Å². The van der Waals surface area contributed by atoms with Gasteiger partial charge in [0.25, 0.3) is 0 Å². The lowest BCUT2D eigenvalue weighted by Gasteiger charge is -2.14. The molecule has 0 aliphatic carbocycles. The number of rotatable bonds is 6. The summed E-state index contributed by atoms with van der Waals surface area (Å²) in [5, 5.41) is 3.27. The van der Waals surface area contributed by atoms with E-state index < -0.39 is 0 Å². The van der Waals surface area contributed by atoms with Gasteiger partial charge < -0.3 is 16.8 Å². The predicted molar refractivity (Wildman–Crippen MR) is 68.1 cm³/mol. The van der Waals surface area contributed by atoms with Crippen LogP contribution in [0.25, 0.3) is 0 Å². The zero-order valence-electron chi connectivity index (χ0n) is 10.0. The minimum absolute atomic E-state index is 0.211. The fourth-order valence-corrected chi connectivity index (χ4v) is 1.58. The zero-order chi connectivity index (χ0) is 12.0. The summed E-state index contributed by atoms with van der Waals surface area (Å²) in [5.74, 6) is 1.31. The molecular weight excluding hydrogens is 202 g/mol. The van der Waals surface area contributed by atoms with Gasteiger partial charge in [-0.1, -0.05) is 26.2 Å². The maximum atomic E-state index is 5.59. The van der Waals surface area contributed by atoms with E-state index in [1.54, 1.807) is 6.07 Å². The average Bonchev–Trinajstić information content (AvgIpc) is 2.16. The summed E-state index contributed by atoms with van der Waals surface area (Å²) in [5.41, 5.74) is 11.1. The van der Waals surface area contributed by atoms with Crippen LogP contribution in [0.2, 0.25) is 0 Å². The zero-order valence-corrected chi connectivity index (χ0v) is 10.0. The normalized spacial score (nSPS) is 12.4. The van der Waals surface area contributed by atoms with Gasteiger partial charge in [0.1, 0.15) is 11.6 Å². The summed E-state index contributed by atoms with van der Waals surface area (Å²) in [6.07, 6.45) is 4.85. The first-order valence-electron chi connectivity index (χ1n) is 5.78. The maximum absolute atomic E-state index is 5.59. The third-order valence-electron chi connectivity index (χ3n) is 2.40. The van der Waals surface area contributed by atoms with E-state index in [1.165, 1.54) is 19.3 Å². The highest BCUT2D eigenvalue weighted by Crippen LogP contribution is 2.13. The van der Waals surface area contributed by atoms with Crippen molar-refractivity contribution in [3.05, 3.63) is 6.07 Å². The first-order chi connectivity index (χ1) is 7.61. The van der Waals surface area contributed by atoms with Gasteiger partial charge in [-0.05, 0) is 13.3 Å². The van der Waals surface area contributed by atoms with Crippen LogP contribution in [0, 0.1) is 0 Å². The third kappa shape index (κ3) is 4.33. The number of nitrogens with two attached hydrogens (primary N) is 2. The summed E-state index contributed by atoms with van der Waals surface area (Å²) in [6.45, 7) is 4.33. The van der Waals surface area contributed by atoms with E-state index >= 15 is 0 Å². The van der Waals surface area contributed by atoms with Crippen LogP contribution >= 0.6 is 0 Å². The predicted octanol–water partition coefficient (Wildman–Crippen LogP) is 2.02. The Morgan fingerprint density at radius 1 is 1.31 bits per heavy atom. The van der Waals surface area contributed by atoms with Crippen molar-refractivity contribution >= 4 is 17.6 Å². The van der Waals surface area contributed by atoms with Crippen LogP contribution in [-0.2, 0) is 0 Å². The van der Waals surface area contributed by atoms with Gasteiger partial charge in [0.05, 0.1) is 0 Å². The van der Waals surface area contributed by atoms with Crippen LogP contribution in [-0.4, -0.2) is 16.0 Å². The molecule has 0 aromatic carbocycles. The number of anilines is 3. The lowest BCUT2D eigenvalue weighted by molar-refractivity contribution is 0.614. The number of hydrogen-bond acceptors (Lipinski definition) is 5. The van der Waals surface area contributed by atoms with E-state index in [0.29, 0.717) is 17.7 Å². The molecule has 1 atom stereocenters. The maximum Gasteiger partial charge on any atom is 0.223 e. The number of nitrogen functional groups attached to an aromatic ring is 2. The SMILES string of the molecule is CCCCCC(C)Nc1cc(N)nc(N)n1. The Labute approximate surface area is 96.7 Å². The van der Waals surface area contributed by atoms with Crippen LogP contribution in [0.4, 0.5) is 17.6 Å². The lowest BCUT2D eigenvalue weighted by Crippen LogP contribution is -2.16. The van der Waals surface area contributed by atoms with Gasteiger partial charge >= 0.3 is 0 Å². The molecule has 0 saturated carbocycles. The molecular formula is C11H21N5. The van der Waals surface area contributed by atoms with Crippen molar-refractivity contribution in [2.24, 2.45) is 0 Å². The molecule has 5 N–H and O–H groups in total. The second-order valence-corrected chi connectivity index (χ2v) is 4.08. The van der Waals surface area contributed by atoms with Gasteiger partial charge in [0.15, 0.2) is 0 Å². The number of unbranched alkanes of at least 4 members (excludes halogenated alkanes) is 2. The highest BCUT2D eigenvalue weighted by molar-refractivity contribution is 5.48. The molecule has 0 saturated heterocycles. The van der Waals surface area contributed by atoms with Crippen molar-refractivity contribution in [3.8, 4) is 0 Å². The van der Waals surface area contributed by atoms with E-state index in [4.69, 9.17) is 11.5 Å². The van der Waals surface area contributed by atoms with Gasteiger partial charge in [0, 0.05) is 12.1 Å². The topological polar surface area (TPSA) is 89.8 Å². The summed E-state index contributed by atoms with van der Waals surface area (Å²) in [6, 6.07) is 2.08. The Bertz CT molecular complexity index is 306. The van der Waals surface area contributed by atoms with Crippen LogP contribution in [0.3, 0.4) is 0 Å². The summed E-state index contributed by atoms with van der Waals surface area (Å²) < 4.78 is 0. The van der Waals surface area contributed by atoms with E-state index in [1.807, 2.05) is 0 Å². The number of aromatic nitrogens is 2. The minimum atomic E-state index is 0.211. The molecule has 16 heavy (non-hydrogen) atoms. The molecule has 1 unspecified atom stereocenters. The molecule has 5 heteroatoms. The van der Waals surface area contributed by atoms with Gasteiger partial charge in [0.2, 0.25) is 5.95 Å². The molecule has 0 aliphatic rings. The van der Waals surface area contributed by atoms with Gasteiger partial charge in [-0.25, -0.2) is 0 Å². The second-order valence-electron chi connectivity index (χ2n) is 4.08. The largest absolute Gasteiger partial charge is 0.383 e. The molecule has 5 nitrogen and oxygen atoms in total. The molecule has 1 aromatic rings. The molecule has 0 amide bonds. The average molecular weight is 223 g/mol. The Balaban J connectivity index is 2.45.